The number of aryl methyl sites for hydroxylation is 1. The Bertz CT molecular complexity index is 399. The lowest BCUT2D eigenvalue weighted by molar-refractivity contribution is -0.0278. The molecule has 0 amide bonds. The highest BCUT2D eigenvalue weighted by molar-refractivity contribution is 7.10. The van der Waals surface area contributed by atoms with E-state index in [4.69, 9.17) is 4.74 Å². The largest absolute Gasteiger partial charge is 0.389 e. The fourth-order valence-corrected chi connectivity index (χ4v) is 3.84. The highest BCUT2D eigenvalue weighted by Gasteiger charge is 2.19. The highest BCUT2D eigenvalue weighted by atomic mass is 32.1. The normalized spacial score (nSPS) is 24.1. The molecule has 4 heteroatoms. The van der Waals surface area contributed by atoms with Gasteiger partial charge in [0, 0.05) is 18.0 Å². The third-order valence-electron chi connectivity index (χ3n) is 4.37. The van der Waals surface area contributed by atoms with E-state index in [1.165, 1.54) is 23.3 Å². The third kappa shape index (κ3) is 5.70. The van der Waals surface area contributed by atoms with Gasteiger partial charge in [-0.3, -0.25) is 0 Å². The Morgan fingerprint density at radius 1 is 1.38 bits per heavy atom. The number of hydrogen-bond donors (Lipinski definition) is 2. The molecule has 0 aliphatic heterocycles. The van der Waals surface area contributed by atoms with Gasteiger partial charge in [-0.25, -0.2) is 0 Å². The Labute approximate surface area is 132 Å². The molecule has 1 unspecified atom stereocenters. The summed E-state index contributed by atoms with van der Waals surface area (Å²) < 4.78 is 5.84. The van der Waals surface area contributed by atoms with Gasteiger partial charge in [0.05, 0.1) is 18.8 Å². The Kier molecular flexibility index (Phi) is 7.17. The van der Waals surface area contributed by atoms with Crippen LogP contribution in [-0.2, 0) is 17.7 Å². The first kappa shape index (κ1) is 16.9. The summed E-state index contributed by atoms with van der Waals surface area (Å²) in [6.45, 7) is 6.39. The first-order chi connectivity index (χ1) is 10.2. The zero-order chi connectivity index (χ0) is 15.1. The molecule has 1 fully saturated rings. The minimum Gasteiger partial charge on any atom is -0.389 e. The summed E-state index contributed by atoms with van der Waals surface area (Å²) in [6, 6.07) is 2.19. The zero-order valence-electron chi connectivity index (χ0n) is 13.3. The van der Waals surface area contributed by atoms with Crippen LogP contribution >= 0.6 is 11.3 Å². The standard InChI is InChI=1S/C17H29NO2S/c1-3-14-8-9-21-17(14)11-18-10-15(19)12-20-16-6-4-13(2)5-7-16/h8-9,13,15-16,18-19H,3-7,10-12H2,1-2H3. The smallest absolute Gasteiger partial charge is 0.0897 e. The van der Waals surface area contributed by atoms with E-state index >= 15 is 0 Å². The maximum absolute atomic E-state index is 10.0. The summed E-state index contributed by atoms with van der Waals surface area (Å²) in [7, 11) is 0. The summed E-state index contributed by atoms with van der Waals surface area (Å²) >= 11 is 1.79. The van der Waals surface area contributed by atoms with Crippen molar-refractivity contribution in [3.8, 4) is 0 Å². The van der Waals surface area contributed by atoms with E-state index in [-0.39, 0.29) is 0 Å². The molecule has 3 nitrogen and oxygen atoms in total. The lowest BCUT2D eigenvalue weighted by Crippen LogP contribution is -2.32. The zero-order valence-corrected chi connectivity index (χ0v) is 14.1. The molecule has 1 heterocycles. The number of nitrogens with one attached hydrogen (secondary N) is 1. The van der Waals surface area contributed by atoms with Crippen LogP contribution in [0.4, 0.5) is 0 Å². The van der Waals surface area contributed by atoms with Gasteiger partial charge in [-0.05, 0) is 55.0 Å². The van der Waals surface area contributed by atoms with Crippen molar-refractivity contribution < 1.29 is 9.84 Å². The van der Waals surface area contributed by atoms with Gasteiger partial charge in [0.2, 0.25) is 0 Å². The van der Waals surface area contributed by atoms with Crippen LogP contribution in [0, 0.1) is 5.92 Å². The predicted octanol–water partition coefficient (Wildman–Crippen LogP) is 3.36. The fraction of sp³-hybridized carbons (Fsp3) is 0.765. The van der Waals surface area contributed by atoms with Crippen molar-refractivity contribution in [2.75, 3.05) is 13.2 Å². The van der Waals surface area contributed by atoms with Crippen LogP contribution < -0.4 is 5.32 Å². The molecule has 0 spiro atoms. The number of aliphatic hydroxyl groups is 1. The number of rotatable bonds is 8. The van der Waals surface area contributed by atoms with Gasteiger partial charge in [0.15, 0.2) is 0 Å². The van der Waals surface area contributed by atoms with Gasteiger partial charge < -0.3 is 15.2 Å². The number of thiophene rings is 1. The molecular formula is C17H29NO2S. The number of aliphatic hydroxyl groups excluding tert-OH is 1. The summed E-state index contributed by atoms with van der Waals surface area (Å²) in [5.74, 6) is 0.843. The average Bonchev–Trinajstić information content (AvgIpc) is 2.94. The van der Waals surface area contributed by atoms with E-state index < -0.39 is 6.10 Å². The minimum absolute atomic E-state index is 0.361. The minimum atomic E-state index is -0.408. The van der Waals surface area contributed by atoms with E-state index in [2.05, 4.69) is 30.6 Å². The van der Waals surface area contributed by atoms with Crippen LogP contribution in [0.3, 0.4) is 0 Å². The van der Waals surface area contributed by atoms with Gasteiger partial charge in [-0.15, -0.1) is 11.3 Å². The van der Waals surface area contributed by atoms with E-state index in [0.29, 0.717) is 19.3 Å². The molecule has 2 N–H and O–H groups in total. The molecular weight excluding hydrogens is 282 g/mol. The topological polar surface area (TPSA) is 41.5 Å². The molecule has 1 aromatic rings. The van der Waals surface area contributed by atoms with Crippen molar-refractivity contribution in [3.05, 3.63) is 21.9 Å². The Morgan fingerprint density at radius 2 is 2.14 bits per heavy atom. The maximum Gasteiger partial charge on any atom is 0.0897 e. The summed E-state index contributed by atoms with van der Waals surface area (Å²) in [6.07, 6.45) is 5.85. The summed E-state index contributed by atoms with van der Waals surface area (Å²) in [4.78, 5) is 1.38. The SMILES string of the molecule is CCc1ccsc1CNCC(O)COC1CCC(C)CC1. The second-order valence-electron chi connectivity index (χ2n) is 6.22. The molecule has 0 bridgehead atoms. The van der Waals surface area contributed by atoms with Crippen LogP contribution in [-0.4, -0.2) is 30.5 Å². The molecule has 1 atom stereocenters. The van der Waals surface area contributed by atoms with Crippen molar-refractivity contribution in [1.29, 1.82) is 0 Å². The molecule has 0 aromatic carbocycles. The molecule has 21 heavy (non-hydrogen) atoms. The molecule has 1 aliphatic carbocycles. The maximum atomic E-state index is 10.0. The molecule has 0 radical (unpaired) electrons. The third-order valence-corrected chi connectivity index (χ3v) is 5.33. The second kappa shape index (κ2) is 8.89. The van der Waals surface area contributed by atoms with Gasteiger partial charge in [0.25, 0.3) is 0 Å². The van der Waals surface area contributed by atoms with E-state index in [1.54, 1.807) is 11.3 Å². The van der Waals surface area contributed by atoms with Gasteiger partial charge in [-0.2, -0.15) is 0 Å². The second-order valence-corrected chi connectivity index (χ2v) is 7.22. The lowest BCUT2D eigenvalue weighted by Gasteiger charge is -2.27. The first-order valence-corrected chi connectivity index (χ1v) is 9.12. The molecule has 1 saturated carbocycles. The van der Waals surface area contributed by atoms with E-state index in [0.717, 1.165) is 31.7 Å². The Hall–Kier alpha value is -0.420. The van der Waals surface area contributed by atoms with Crippen molar-refractivity contribution in [1.82, 2.24) is 5.32 Å². The number of hydrogen-bond acceptors (Lipinski definition) is 4. The Morgan fingerprint density at radius 3 is 2.86 bits per heavy atom. The van der Waals surface area contributed by atoms with Gasteiger partial charge in [-0.1, -0.05) is 13.8 Å². The summed E-state index contributed by atoms with van der Waals surface area (Å²) in [5.41, 5.74) is 1.41. The molecule has 120 valence electrons. The van der Waals surface area contributed by atoms with Gasteiger partial charge in [0.1, 0.15) is 0 Å². The Balaban J connectivity index is 1.58. The van der Waals surface area contributed by atoms with Crippen LogP contribution in [0.1, 0.15) is 50.0 Å². The monoisotopic (exact) mass is 311 g/mol. The average molecular weight is 311 g/mol. The van der Waals surface area contributed by atoms with Gasteiger partial charge >= 0.3 is 0 Å². The van der Waals surface area contributed by atoms with E-state index in [1.807, 2.05) is 0 Å². The molecule has 1 aromatic heterocycles. The quantitative estimate of drug-likeness (QED) is 0.773. The fourth-order valence-electron chi connectivity index (χ4n) is 2.89. The van der Waals surface area contributed by atoms with E-state index in [9.17, 15) is 5.11 Å². The summed E-state index contributed by atoms with van der Waals surface area (Å²) in [5, 5.41) is 15.5. The predicted molar refractivity (Wildman–Crippen MR) is 88.8 cm³/mol. The molecule has 2 rings (SSSR count). The first-order valence-electron chi connectivity index (χ1n) is 8.24. The van der Waals surface area contributed by atoms with Crippen LogP contribution in [0.2, 0.25) is 0 Å². The van der Waals surface area contributed by atoms with Crippen LogP contribution in [0.5, 0.6) is 0 Å². The number of ether oxygens (including phenoxy) is 1. The molecule has 0 saturated heterocycles. The van der Waals surface area contributed by atoms with Crippen molar-refractivity contribution in [3.63, 3.8) is 0 Å². The van der Waals surface area contributed by atoms with Crippen LogP contribution in [0.25, 0.3) is 0 Å². The van der Waals surface area contributed by atoms with Crippen LogP contribution in [0.15, 0.2) is 11.4 Å². The lowest BCUT2D eigenvalue weighted by atomic mass is 9.89. The van der Waals surface area contributed by atoms with Crippen molar-refractivity contribution in [2.24, 2.45) is 5.92 Å². The highest BCUT2D eigenvalue weighted by Crippen LogP contribution is 2.25. The van der Waals surface area contributed by atoms with Crippen molar-refractivity contribution in [2.45, 2.75) is 64.7 Å². The molecule has 1 aliphatic rings. The van der Waals surface area contributed by atoms with Crippen molar-refractivity contribution >= 4 is 11.3 Å².